The molecule has 0 amide bonds. The quantitative estimate of drug-likeness (QED) is 0.267. The summed E-state index contributed by atoms with van der Waals surface area (Å²) in [6.45, 7) is 4.78. The van der Waals surface area contributed by atoms with Crippen LogP contribution in [-0.4, -0.2) is 42.1 Å². The Kier molecular flexibility index (Phi) is 8.92. The molecule has 8 heteroatoms. The van der Waals surface area contributed by atoms with Crippen LogP contribution < -0.4 is 15.4 Å². The van der Waals surface area contributed by atoms with E-state index in [0.29, 0.717) is 19.7 Å². The molecule has 0 spiro atoms. The second-order valence-electron chi connectivity index (χ2n) is 7.61. The molecule has 0 radical (unpaired) electrons. The average molecular weight is 547 g/mol. The maximum atomic E-state index is 6.20. The molecule has 1 unspecified atom stereocenters. The lowest BCUT2D eigenvalue weighted by Gasteiger charge is -2.18. The van der Waals surface area contributed by atoms with Gasteiger partial charge in [0.05, 0.1) is 18.9 Å². The van der Waals surface area contributed by atoms with Crippen LogP contribution in [0.2, 0.25) is 0 Å². The Balaban J connectivity index is 0.00000289. The monoisotopic (exact) mass is 547 g/mol. The van der Waals surface area contributed by atoms with Crippen molar-refractivity contribution in [2.45, 2.75) is 32.5 Å². The zero-order chi connectivity index (χ0) is 21.5. The van der Waals surface area contributed by atoms with Crippen LogP contribution in [-0.2, 0) is 17.8 Å². The Morgan fingerprint density at radius 1 is 1.19 bits per heavy atom. The number of benzene rings is 2. The molecule has 1 aliphatic heterocycles. The zero-order valence-electron chi connectivity index (χ0n) is 18.5. The molecule has 0 aliphatic carbocycles. The first-order chi connectivity index (χ1) is 15.2. The molecule has 1 fully saturated rings. The van der Waals surface area contributed by atoms with Gasteiger partial charge >= 0.3 is 0 Å². The molecule has 1 atom stereocenters. The van der Waals surface area contributed by atoms with Crippen molar-refractivity contribution in [1.82, 2.24) is 20.4 Å². The van der Waals surface area contributed by atoms with Crippen LogP contribution in [0.4, 0.5) is 0 Å². The summed E-state index contributed by atoms with van der Waals surface area (Å²) in [6, 6.07) is 16.5. The fourth-order valence-corrected chi connectivity index (χ4v) is 3.52. The van der Waals surface area contributed by atoms with Gasteiger partial charge in [-0.15, -0.1) is 24.0 Å². The van der Waals surface area contributed by atoms with Crippen molar-refractivity contribution in [3.63, 3.8) is 0 Å². The minimum Gasteiger partial charge on any atom is -0.488 e. The van der Waals surface area contributed by atoms with Gasteiger partial charge < -0.3 is 20.1 Å². The van der Waals surface area contributed by atoms with Crippen LogP contribution in [0.15, 0.2) is 65.9 Å². The number of aryl methyl sites for hydroxylation is 1. The van der Waals surface area contributed by atoms with E-state index in [9.17, 15) is 0 Å². The van der Waals surface area contributed by atoms with Crippen molar-refractivity contribution in [2.75, 3.05) is 20.3 Å². The van der Waals surface area contributed by atoms with Crippen LogP contribution in [0.5, 0.6) is 5.75 Å². The number of ether oxygens (including phenoxy) is 2. The molecule has 4 rings (SSSR count). The number of guanidine groups is 1. The van der Waals surface area contributed by atoms with E-state index < -0.39 is 0 Å². The van der Waals surface area contributed by atoms with Crippen LogP contribution in [0.1, 0.15) is 23.1 Å². The standard InChI is InChI=1S/C24H29N5O2.HI/c1-18-7-8-20(23(13-18)31-22-9-12-30-17-22)16-27-24(25-2)26-15-19-5-3-6-21(14-19)29-11-4-10-28-29;/h3-8,10-11,13-14,22H,9,12,15-17H2,1-2H3,(H2,25,26,27);1H. The number of nitrogens with one attached hydrogen (secondary N) is 2. The minimum absolute atomic E-state index is 0. The van der Waals surface area contributed by atoms with Gasteiger partial charge in [0, 0.05) is 44.5 Å². The van der Waals surface area contributed by atoms with E-state index in [1.807, 2.05) is 29.1 Å². The summed E-state index contributed by atoms with van der Waals surface area (Å²) in [5.41, 5.74) is 4.46. The number of rotatable bonds is 7. The molecule has 0 saturated carbocycles. The second-order valence-corrected chi connectivity index (χ2v) is 7.61. The molecular weight excluding hydrogens is 517 g/mol. The molecule has 1 aliphatic rings. The van der Waals surface area contributed by atoms with E-state index in [2.05, 4.69) is 58.0 Å². The van der Waals surface area contributed by atoms with Gasteiger partial charge in [-0.3, -0.25) is 4.99 Å². The van der Waals surface area contributed by atoms with Crippen molar-refractivity contribution in [2.24, 2.45) is 4.99 Å². The Morgan fingerprint density at radius 3 is 2.81 bits per heavy atom. The summed E-state index contributed by atoms with van der Waals surface area (Å²) in [5, 5.41) is 11.1. The molecule has 3 aromatic rings. The Bertz CT molecular complexity index is 1020. The van der Waals surface area contributed by atoms with Gasteiger partial charge in [-0.2, -0.15) is 5.10 Å². The van der Waals surface area contributed by atoms with E-state index in [0.717, 1.165) is 41.6 Å². The van der Waals surface area contributed by atoms with Gasteiger partial charge in [0.2, 0.25) is 0 Å². The molecule has 2 heterocycles. The van der Waals surface area contributed by atoms with Crippen molar-refractivity contribution in [3.05, 3.63) is 77.6 Å². The predicted octanol–water partition coefficient (Wildman–Crippen LogP) is 3.83. The van der Waals surface area contributed by atoms with Gasteiger partial charge in [-0.25, -0.2) is 4.68 Å². The highest BCUT2D eigenvalue weighted by Crippen LogP contribution is 2.23. The zero-order valence-corrected chi connectivity index (χ0v) is 20.8. The summed E-state index contributed by atoms with van der Waals surface area (Å²) in [4.78, 5) is 4.36. The lowest BCUT2D eigenvalue weighted by atomic mass is 10.1. The molecule has 32 heavy (non-hydrogen) atoms. The number of hydrogen-bond donors (Lipinski definition) is 2. The Morgan fingerprint density at radius 2 is 2.06 bits per heavy atom. The van der Waals surface area contributed by atoms with Crippen LogP contribution in [0, 0.1) is 6.92 Å². The third kappa shape index (κ3) is 6.46. The van der Waals surface area contributed by atoms with Gasteiger partial charge in [-0.1, -0.05) is 24.3 Å². The molecule has 1 aromatic heterocycles. The lowest BCUT2D eigenvalue weighted by Crippen LogP contribution is -2.36. The van der Waals surface area contributed by atoms with Crippen LogP contribution in [0.3, 0.4) is 0 Å². The molecule has 2 aromatic carbocycles. The highest BCUT2D eigenvalue weighted by atomic mass is 127. The summed E-state index contributed by atoms with van der Waals surface area (Å²) in [7, 11) is 1.78. The normalized spacial score (nSPS) is 15.8. The highest BCUT2D eigenvalue weighted by molar-refractivity contribution is 14.0. The van der Waals surface area contributed by atoms with Crippen molar-refractivity contribution in [3.8, 4) is 11.4 Å². The molecule has 1 saturated heterocycles. The van der Waals surface area contributed by atoms with Gasteiger partial charge in [0.15, 0.2) is 5.96 Å². The molecule has 170 valence electrons. The molecular formula is C24H30IN5O2. The summed E-state index contributed by atoms with van der Waals surface area (Å²) >= 11 is 0. The number of nitrogens with zero attached hydrogens (tertiary/aromatic N) is 3. The molecule has 0 bridgehead atoms. The number of aliphatic imine (C=N–C) groups is 1. The van der Waals surface area contributed by atoms with E-state index in [1.165, 1.54) is 5.56 Å². The van der Waals surface area contributed by atoms with Gasteiger partial charge in [0.1, 0.15) is 11.9 Å². The largest absolute Gasteiger partial charge is 0.488 e. The Hall–Kier alpha value is -2.59. The number of halogens is 1. The van der Waals surface area contributed by atoms with E-state index in [-0.39, 0.29) is 30.1 Å². The summed E-state index contributed by atoms with van der Waals surface area (Å²) in [5.74, 6) is 1.64. The van der Waals surface area contributed by atoms with E-state index in [1.54, 1.807) is 13.2 Å². The smallest absolute Gasteiger partial charge is 0.191 e. The summed E-state index contributed by atoms with van der Waals surface area (Å²) < 4.78 is 13.5. The lowest BCUT2D eigenvalue weighted by molar-refractivity contribution is 0.140. The first-order valence-corrected chi connectivity index (χ1v) is 10.6. The SMILES string of the molecule is CN=C(NCc1cccc(-n2cccn2)c1)NCc1ccc(C)cc1OC1CCOC1.I. The maximum Gasteiger partial charge on any atom is 0.191 e. The van der Waals surface area contributed by atoms with Gasteiger partial charge in [0.25, 0.3) is 0 Å². The van der Waals surface area contributed by atoms with Crippen LogP contribution >= 0.6 is 24.0 Å². The summed E-state index contributed by atoms with van der Waals surface area (Å²) in [6.07, 6.45) is 4.77. The molecule has 7 nitrogen and oxygen atoms in total. The van der Waals surface area contributed by atoms with Crippen molar-refractivity contribution < 1.29 is 9.47 Å². The molecule has 2 N–H and O–H groups in total. The average Bonchev–Trinajstić information content (AvgIpc) is 3.50. The van der Waals surface area contributed by atoms with Gasteiger partial charge in [-0.05, 0) is 42.3 Å². The fraction of sp³-hybridized carbons (Fsp3) is 0.333. The second kappa shape index (κ2) is 11.9. The number of hydrogen-bond acceptors (Lipinski definition) is 4. The minimum atomic E-state index is 0. The fourth-order valence-electron chi connectivity index (χ4n) is 3.52. The third-order valence-corrected chi connectivity index (χ3v) is 5.21. The number of aromatic nitrogens is 2. The van der Waals surface area contributed by atoms with Crippen molar-refractivity contribution in [1.29, 1.82) is 0 Å². The van der Waals surface area contributed by atoms with Crippen LogP contribution in [0.25, 0.3) is 5.69 Å². The predicted molar refractivity (Wildman–Crippen MR) is 137 cm³/mol. The first kappa shape index (κ1) is 24.1. The van der Waals surface area contributed by atoms with Crippen molar-refractivity contribution >= 4 is 29.9 Å². The topological polar surface area (TPSA) is 72.7 Å². The first-order valence-electron chi connectivity index (χ1n) is 10.6. The third-order valence-electron chi connectivity index (χ3n) is 5.21. The van der Waals surface area contributed by atoms with E-state index >= 15 is 0 Å². The highest BCUT2D eigenvalue weighted by Gasteiger charge is 2.18. The van der Waals surface area contributed by atoms with E-state index in [4.69, 9.17) is 9.47 Å². The Labute approximate surface area is 206 Å². The maximum absolute atomic E-state index is 6.20.